The summed E-state index contributed by atoms with van der Waals surface area (Å²) in [6, 6.07) is 20.0. The van der Waals surface area contributed by atoms with Crippen LogP contribution >= 0.6 is 0 Å². The molecule has 0 aliphatic rings. The third-order valence-electron chi connectivity index (χ3n) is 7.60. The number of hydrogen-bond donors (Lipinski definition) is 6. The number of primary amides is 2. The van der Waals surface area contributed by atoms with Crippen molar-refractivity contribution in [2.75, 3.05) is 23.8 Å². The van der Waals surface area contributed by atoms with Crippen LogP contribution in [0.25, 0.3) is 0 Å². The Balaban J connectivity index is 0.000000290. The number of aryl methyl sites for hydroxylation is 2. The van der Waals surface area contributed by atoms with Crippen LogP contribution in [-0.4, -0.2) is 68.1 Å². The van der Waals surface area contributed by atoms with E-state index in [-0.39, 0.29) is 24.6 Å². The van der Waals surface area contributed by atoms with Crippen LogP contribution < -0.4 is 31.6 Å². The van der Waals surface area contributed by atoms with E-state index in [2.05, 4.69) is 10.6 Å². The predicted molar refractivity (Wildman–Crippen MR) is 195 cm³/mol. The Morgan fingerprint density at radius 1 is 0.630 bits per heavy atom. The predicted octanol–water partition coefficient (Wildman–Crippen LogP) is 3.54. The maximum Gasteiger partial charge on any atom is 0.272 e. The highest BCUT2D eigenvalue weighted by atomic mass is 16.6. The van der Waals surface area contributed by atoms with E-state index in [0.717, 1.165) is 0 Å². The SMILES string of the molecule is Cc1cc(NC(=O)C(C)(O)COc2ccc(C(N)=O)cc2)ccc1[N+](=O)[O-].Cc1cc(NC(=O)C(C)(O)COc2ccc(C(N)=O)cc2)ccc1[N+](=O)[O-]. The Morgan fingerprint density at radius 3 is 1.20 bits per heavy atom. The second-order valence-corrected chi connectivity index (χ2v) is 12.3. The molecule has 54 heavy (non-hydrogen) atoms. The lowest BCUT2D eigenvalue weighted by Crippen LogP contribution is -2.45. The summed E-state index contributed by atoms with van der Waals surface area (Å²) in [5.74, 6) is -1.93. The van der Waals surface area contributed by atoms with Gasteiger partial charge in [0.1, 0.15) is 24.7 Å². The zero-order chi connectivity index (χ0) is 40.4. The molecule has 0 aromatic heterocycles. The van der Waals surface area contributed by atoms with Gasteiger partial charge in [-0.15, -0.1) is 0 Å². The first-order valence-electron chi connectivity index (χ1n) is 15.8. The van der Waals surface area contributed by atoms with Crippen molar-refractivity contribution in [1.29, 1.82) is 0 Å². The molecule has 0 aliphatic carbocycles. The summed E-state index contributed by atoms with van der Waals surface area (Å²) in [6.45, 7) is 4.95. The Morgan fingerprint density at radius 2 is 0.944 bits per heavy atom. The zero-order valence-corrected chi connectivity index (χ0v) is 29.5. The van der Waals surface area contributed by atoms with Crippen molar-refractivity contribution in [3.8, 4) is 11.5 Å². The number of carbonyl (C=O) groups is 4. The highest BCUT2D eigenvalue weighted by molar-refractivity contribution is 5.98. The molecule has 0 saturated heterocycles. The van der Waals surface area contributed by atoms with Gasteiger partial charge in [0.25, 0.3) is 23.2 Å². The lowest BCUT2D eigenvalue weighted by Gasteiger charge is -2.22. The zero-order valence-electron chi connectivity index (χ0n) is 29.5. The molecule has 0 spiro atoms. The normalized spacial score (nSPS) is 12.7. The number of anilines is 2. The van der Waals surface area contributed by atoms with Crippen molar-refractivity contribution >= 4 is 46.4 Å². The summed E-state index contributed by atoms with van der Waals surface area (Å²) in [5, 5.41) is 47.3. The maximum absolute atomic E-state index is 12.3. The molecule has 4 aromatic rings. The third-order valence-corrected chi connectivity index (χ3v) is 7.60. The van der Waals surface area contributed by atoms with E-state index in [9.17, 15) is 49.6 Å². The summed E-state index contributed by atoms with van der Waals surface area (Å²) >= 11 is 0. The van der Waals surface area contributed by atoms with E-state index in [1.54, 1.807) is 13.8 Å². The summed E-state index contributed by atoms with van der Waals surface area (Å²) in [6.07, 6.45) is 0. The summed E-state index contributed by atoms with van der Waals surface area (Å²) in [4.78, 5) is 67.3. The molecule has 8 N–H and O–H groups in total. The number of amides is 4. The molecule has 0 bridgehead atoms. The van der Waals surface area contributed by atoms with E-state index in [1.807, 2.05) is 0 Å². The Hall–Kier alpha value is -6.92. The molecule has 0 heterocycles. The van der Waals surface area contributed by atoms with Crippen LogP contribution in [0.5, 0.6) is 11.5 Å². The number of benzene rings is 4. The number of nitrogens with zero attached hydrogens (tertiary/aromatic N) is 2. The second-order valence-electron chi connectivity index (χ2n) is 12.3. The topological polar surface area (TPSA) is 290 Å². The maximum atomic E-state index is 12.3. The van der Waals surface area contributed by atoms with E-state index < -0.39 is 44.7 Å². The van der Waals surface area contributed by atoms with Crippen LogP contribution in [0.1, 0.15) is 45.7 Å². The van der Waals surface area contributed by atoms with Crippen LogP contribution in [-0.2, 0) is 9.59 Å². The average Bonchev–Trinajstić information content (AvgIpc) is 3.10. The fraction of sp³-hybridized carbons (Fsp3) is 0.222. The van der Waals surface area contributed by atoms with E-state index in [1.165, 1.54) is 98.8 Å². The van der Waals surface area contributed by atoms with Gasteiger partial charge < -0.3 is 41.8 Å². The van der Waals surface area contributed by atoms with Gasteiger partial charge in [0.2, 0.25) is 11.8 Å². The molecule has 4 aromatic carbocycles. The molecule has 2 atom stereocenters. The van der Waals surface area contributed by atoms with Crippen LogP contribution in [0.3, 0.4) is 0 Å². The number of rotatable bonds is 14. The first-order valence-corrected chi connectivity index (χ1v) is 15.8. The van der Waals surface area contributed by atoms with Gasteiger partial charge in [0, 0.05) is 45.8 Å². The first-order chi connectivity index (χ1) is 25.2. The number of nitrogens with one attached hydrogen (secondary N) is 2. The number of hydrogen-bond acceptors (Lipinski definition) is 12. The van der Waals surface area contributed by atoms with Gasteiger partial charge in [-0.25, -0.2) is 0 Å². The Labute approximate surface area is 308 Å². The summed E-state index contributed by atoms with van der Waals surface area (Å²) in [7, 11) is 0. The van der Waals surface area contributed by atoms with Gasteiger partial charge in [-0.2, -0.15) is 0 Å². The molecule has 0 saturated carbocycles. The monoisotopic (exact) mass is 746 g/mol. The first kappa shape index (κ1) is 41.5. The molecule has 284 valence electrons. The molecule has 4 amide bonds. The highest BCUT2D eigenvalue weighted by Gasteiger charge is 2.33. The standard InChI is InChI=1S/2C18H19N3O6/c2*1-11-9-13(5-8-15(11)21(25)26)20-17(23)18(2,24)10-27-14-6-3-12(4-7-14)16(19)22/h2*3-9,24H,10H2,1-2H3,(H2,19,22)(H,20,23). The smallest absolute Gasteiger partial charge is 0.272 e. The molecule has 2 unspecified atom stereocenters. The number of nitro groups is 2. The number of aliphatic hydroxyl groups is 2. The van der Waals surface area contributed by atoms with E-state index in [0.29, 0.717) is 45.1 Å². The number of nitrogens with two attached hydrogens (primary N) is 2. The molecule has 18 nitrogen and oxygen atoms in total. The van der Waals surface area contributed by atoms with Crippen molar-refractivity contribution in [2.24, 2.45) is 11.5 Å². The van der Waals surface area contributed by atoms with Gasteiger partial charge in [-0.3, -0.25) is 39.4 Å². The van der Waals surface area contributed by atoms with Gasteiger partial charge in [-0.1, -0.05) is 0 Å². The fourth-order valence-corrected chi connectivity index (χ4v) is 4.42. The lowest BCUT2D eigenvalue weighted by molar-refractivity contribution is -0.385. The summed E-state index contributed by atoms with van der Waals surface area (Å²) < 4.78 is 10.8. The minimum Gasteiger partial charge on any atom is -0.490 e. The van der Waals surface area contributed by atoms with Crippen molar-refractivity contribution in [3.05, 3.63) is 127 Å². The quantitative estimate of drug-likeness (QED) is 0.0798. The third kappa shape index (κ3) is 11.6. The van der Waals surface area contributed by atoms with Gasteiger partial charge in [0.05, 0.1) is 9.85 Å². The van der Waals surface area contributed by atoms with Gasteiger partial charge in [-0.05, 0) is 100 Å². The van der Waals surface area contributed by atoms with Crippen molar-refractivity contribution < 1.29 is 48.7 Å². The average molecular weight is 747 g/mol. The molecule has 0 radical (unpaired) electrons. The fourth-order valence-electron chi connectivity index (χ4n) is 4.42. The van der Waals surface area contributed by atoms with E-state index in [4.69, 9.17) is 20.9 Å². The minimum atomic E-state index is -1.86. The largest absolute Gasteiger partial charge is 0.490 e. The van der Waals surface area contributed by atoms with Gasteiger partial charge >= 0.3 is 0 Å². The molecule has 18 heteroatoms. The van der Waals surface area contributed by atoms with Crippen molar-refractivity contribution in [3.63, 3.8) is 0 Å². The minimum absolute atomic E-state index is 0.0671. The lowest BCUT2D eigenvalue weighted by atomic mass is 10.1. The Bertz CT molecular complexity index is 1900. The Kier molecular flexibility index (Phi) is 13.5. The number of ether oxygens (including phenoxy) is 2. The van der Waals surface area contributed by atoms with E-state index >= 15 is 0 Å². The second kappa shape index (κ2) is 17.5. The number of carbonyl (C=O) groups excluding carboxylic acids is 4. The molecule has 0 aliphatic heterocycles. The molecular formula is C36H38N6O12. The molecule has 0 fully saturated rings. The van der Waals surface area contributed by atoms with Crippen LogP contribution in [0.2, 0.25) is 0 Å². The van der Waals surface area contributed by atoms with Crippen molar-refractivity contribution in [1.82, 2.24) is 0 Å². The van der Waals surface area contributed by atoms with Crippen LogP contribution in [0.4, 0.5) is 22.7 Å². The van der Waals surface area contributed by atoms with Crippen LogP contribution in [0.15, 0.2) is 84.9 Å². The van der Waals surface area contributed by atoms with Crippen molar-refractivity contribution in [2.45, 2.75) is 38.9 Å². The summed E-state index contributed by atoms with van der Waals surface area (Å²) in [5.41, 5.74) is 8.43. The van der Waals surface area contributed by atoms with Gasteiger partial charge in [0.15, 0.2) is 11.2 Å². The molecular weight excluding hydrogens is 708 g/mol. The highest BCUT2D eigenvalue weighted by Crippen LogP contribution is 2.24. The molecule has 4 rings (SSSR count). The van der Waals surface area contributed by atoms with Crippen LogP contribution in [0, 0.1) is 34.1 Å². The number of nitro benzene ring substituents is 2.